The predicted octanol–water partition coefficient (Wildman–Crippen LogP) is 1.76. The highest BCUT2D eigenvalue weighted by Crippen LogP contribution is 2.24. The molecule has 0 heterocycles. The summed E-state index contributed by atoms with van der Waals surface area (Å²) in [4.78, 5) is 10.9. The minimum absolute atomic E-state index is 0.141. The number of carboxylic acid groups (broad SMARTS) is 1. The molecule has 0 bridgehead atoms. The summed E-state index contributed by atoms with van der Waals surface area (Å²) in [5.74, 6) is -1.58. The van der Waals surface area contributed by atoms with E-state index in [1.54, 1.807) is 24.3 Å². The molecule has 0 aromatic heterocycles. The van der Waals surface area contributed by atoms with Crippen LogP contribution in [0.25, 0.3) is 0 Å². The van der Waals surface area contributed by atoms with Crippen molar-refractivity contribution in [2.45, 2.75) is 17.4 Å². The summed E-state index contributed by atoms with van der Waals surface area (Å²) < 4.78 is 27.3. The molecule has 0 spiro atoms. The molecular formula is C12H12BrNO4S. The van der Waals surface area contributed by atoms with Crippen LogP contribution in [0.1, 0.15) is 6.42 Å². The first-order valence-corrected chi connectivity index (χ1v) is 7.86. The molecule has 0 aliphatic heterocycles. The molecule has 1 aromatic carbocycles. The van der Waals surface area contributed by atoms with Crippen LogP contribution < -0.4 is 4.72 Å². The zero-order valence-corrected chi connectivity index (χ0v) is 12.2. The number of benzene rings is 1. The standard InChI is InChI=1S/C12H12BrNO4S/c13-10-3-1-2-4-11(10)19(17,18)14-9-6-5-8(7-9)12(15)16/h1-6,8-9,14H,7H2,(H,15,16). The lowest BCUT2D eigenvalue weighted by Gasteiger charge is -2.13. The molecule has 2 atom stereocenters. The maximum atomic E-state index is 12.2. The molecule has 0 fully saturated rings. The summed E-state index contributed by atoms with van der Waals surface area (Å²) in [6.45, 7) is 0. The lowest BCUT2D eigenvalue weighted by Crippen LogP contribution is -2.33. The van der Waals surface area contributed by atoms with E-state index in [1.807, 2.05) is 0 Å². The molecule has 0 saturated heterocycles. The summed E-state index contributed by atoms with van der Waals surface area (Å²) in [6, 6.07) is 5.99. The summed E-state index contributed by atoms with van der Waals surface area (Å²) >= 11 is 3.19. The molecule has 1 aliphatic carbocycles. The van der Waals surface area contributed by atoms with E-state index in [0.717, 1.165) is 0 Å². The fourth-order valence-corrected chi connectivity index (χ4v) is 4.10. The lowest BCUT2D eigenvalue weighted by molar-refractivity contribution is -0.140. The van der Waals surface area contributed by atoms with Gasteiger partial charge in [0.2, 0.25) is 10.0 Å². The Hall–Kier alpha value is -1.18. The van der Waals surface area contributed by atoms with E-state index in [0.29, 0.717) is 4.47 Å². The van der Waals surface area contributed by atoms with E-state index in [-0.39, 0.29) is 11.3 Å². The number of hydrogen-bond acceptors (Lipinski definition) is 3. The molecule has 1 aromatic rings. The van der Waals surface area contributed by atoms with E-state index in [2.05, 4.69) is 20.7 Å². The summed E-state index contributed by atoms with van der Waals surface area (Å²) in [5.41, 5.74) is 0. The first-order chi connectivity index (χ1) is 8.90. The van der Waals surface area contributed by atoms with Crippen molar-refractivity contribution in [1.82, 2.24) is 4.72 Å². The molecule has 19 heavy (non-hydrogen) atoms. The molecular weight excluding hydrogens is 334 g/mol. The normalized spacial score (nSPS) is 22.6. The zero-order valence-electron chi connectivity index (χ0n) is 9.78. The highest BCUT2D eigenvalue weighted by molar-refractivity contribution is 9.10. The Bertz CT molecular complexity index is 626. The van der Waals surface area contributed by atoms with Crippen molar-refractivity contribution < 1.29 is 18.3 Å². The van der Waals surface area contributed by atoms with E-state index < -0.39 is 28.0 Å². The Morgan fingerprint density at radius 2 is 2.00 bits per heavy atom. The van der Waals surface area contributed by atoms with E-state index in [9.17, 15) is 13.2 Å². The van der Waals surface area contributed by atoms with Gasteiger partial charge in [0.05, 0.1) is 10.8 Å². The third-order valence-corrected chi connectivity index (χ3v) is 5.34. The highest BCUT2D eigenvalue weighted by Gasteiger charge is 2.28. The maximum absolute atomic E-state index is 12.2. The first-order valence-electron chi connectivity index (χ1n) is 5.58. The second-order valence-electron chi connectivity index (χ2n) is 4.22. The third kappa shape index (κ3) is 3.23. The highest BCUT2D eigenvalue weighted by atomic mass is 79.9. The van der Waals surface area contributed by atoms with Gasteiger partial charge in [-0.25, -0.2) is 13.1 Å². The van der Waals surface area contributed by atoms with Crippen molar-refractivity contribution in [3.8, 4) is 0 Å². The quantitative estimate of drug-likeness (QED) is 0.814. The predicted molar refractivity (Wildman–Crippen MR) is 73.1 cm³/mol. The van der Waals surface area contributed by atoms with E-state index in [1.165, 1.54) is 12.1 Å². The number of carboxylic acids is 1. The van der Waals surface area contributed by atoms with Crippen molar-refractivity contribution in [2.75, 3.05) is 0 Å². The number of rotatable bonds is 4. The SMILES string of the molecule is O=C(O)C1C=CC(NS(=O)(=O)c2ccccc2Br)C1. The molecule has 7 heteroatoms. The number of aliphatic carboxylic acids is 1. The van der Waals surface area contributed by atoms with Crippen molar-refractivity contribution >= 4 is 31.9 Å². The van der Waals surface area contributed by atoms with Gasteiger partial charge in [0, 0.05) is 10.5 Å². The number of sulfonamides is 1. The molecule has 2 unspecified atom stereocenters. The Morgan fingerprint density at radius 1 is 1.32 bits per heavy atom. The van der Waals surface area contributed by atoms with Gasteiger partial charge in [-0.15, -0.1) is 0 Å². The molecule has 5 nitrogen and oxygen atoms in total. The van der Waals surface area contributed by atoms with Crippen molar-refractivity contribution in [1.29, 1.82) is 0 Å². The molecule has 0 saturated carbocycles. The smallest absolute Gasteiger partial charge is 0.310 e. The van der Waals surface area contributed by atoms with Crippen molar-refractivity contribution in [3.05, 3.63) is 40.9 Å². The maximum Gasteiger partial charge on any atom is 0.310 e. The van der Waals surface area contributed by atoms with E-state index in [4.69, 9.17) is 5.11 Å². The second kappa shape index (κ2) is 5.44. The fraction of sp³-hybridized carbons (Fsp3) is 0.250. The Morgan fingerprint density at radius 3 is 2.58 bits per heavy atom. The van der Waals surface area contributed by atoms with Crippen LogP contribution in [0.2, 0.25) is 0 Å². The van der Waals surface area contributed by atoms with Gasteiger partial charge in [0.15, 0.2) is 0 Å². The van der Waals surface area contributed by atoms with Crippen LogP contribution in [0.4, 0.5) is 0 Å². The number of halogens is 1. The number of carbonyl (C=O) groups is 1. The van der Waals surface area contributed by atoms with Crippen LogP contribution in [0.3, 0.4) is 0 Å². The van der Waals surface area contributed by atoms with Crippen molar-refractivity contribution in [2.24, 2.45) is 5.92 Å². The topological polar surface area (TPSA) is 83.5 Å². The Labute approximate surface area is 119 Å². The van der Waals surface area contributed by atoms with Crippen LogP contribution in [0.15, 0.2) is 45.8 Å². The number of nitrogens with one attached hydrogen (secondary N) is 1. The third-order valence-electron chi connectivity index (χ3n) is 2.83. The lowest BCUT2D eigenvalue weighted by atomic mass is 10.1. The van der Waals surface area contributed by atoms with E-state index >= 15 is 0 Å². The molecule has 1 aliphatic rings. The fourth-order valence-electron chi connectivity index (χ4n) is 1.89. The summed E-state index contributed by atoms with van der Waals surface area (Å²) in [7, 11) is -3.66. The van der Waals surface area contributed by atoms with Gasteiger partial charge < -0.3 is 5.11 Å². The van der Waals surface area contributed by atoms with Crippen LogP contribution in [-0.2, 0) is 14.8 Å². The van der Waals surface area contributed by atoms with Crippen LogP contribution in [0.5, 0.6) is 0 Å². The van der Waals surface area contributed by atoms with Gasteiger partial charge in [-0.05, 0) is 34.5 Å². The zero-order chi connectivity index (χ0) is 14.0. The van der Waals surface area contributed by atoms with Crippen LogP contribution in [-0.4, -0.2) is 25.5 Å². The first kappa shape index (κ1) is 14.2. The summed E-state index contributed by atoms with van der Waals surface area (Å²) in [5, 5.41) is 8.85. The minimum Gasteiger partial charge on any atom is -0.481 e. The average molecular weight is 346 g/mol. The molecule has 0 radical (unpaired) electrons. The van der Waals surface area contributed by atoms with Gasteiger partial charge in [-0.1, -0.05) is 24.3 Å². The van der Waals surface area contributed by atoms with Gasteiger partial charge in [0.1, 0.15) is 0 Å². The monoisotopic (exact) mass is 345 g/mol. The number of hydrogen-bond donors (Lipinski definition) is 2. The molecule has 102 valence electrons. The second-order valence-corrected chi connectivity index (χ2v) is 6.76. The van der Waals surface area contributed by atoms with Gasteiger partial charge in [-0.3, -0.25) is 4.79 Å². The average Bonchev–Trinajstić information content (AvgIpc) is 2.77. The molecule has 0 amide bonds. The van der Waals surface area contributed by atoms with Crippen LogP contribution in [0, 0.1) is 5.92 Å². The summed E-state index contributed by atoms with van der Waals surface area (Å²) in [6.07, 6.45) is 3.32. The molecule has 2 rings (SSSR count). The Balaban J connectivity index is 2.14. The van der Waals surface area contributed by atoms with Crippen LogP contribution >= 0.6 is 15.9 Å². The minimum atomic E-state index is -3.66. The largest absolute Gasteiger partial charge is 0.481 e. The van der Waals surface area contributed by atoms with Gasteiger partial charge >= 0.3 is 5.97 Å². The van der Waals surface area contributed by atoms with Gasteiger partial charge in [-0.2, -0.15) is 0 Å². The molecule has 2 N–H and O–H groups in total. The van der Waals surface area contributed by atoms with Gasteiger partial charge in [0.25, 0.3) is 0 Å². The Kier molecular flexibility index (Phi) is 4.07. The van der Waals surface area contributed by atoms with Crippen molar-refractivity contribution in [3.63, 3.8) is 0 Å².